The number of amides is 4. The van der Waals surface area contributed by atoms with E-state index in [-0.39, 0.29) is 17.9 Å². The van der Waals surface area contributed by atoms with Crippen LogP contribution in [-0.2, 0) is 9.59 Å². The van der Waals surface area contributed by atoms with E-state index >= 15 is 0 Å². The summed E-state index contributed by atoms with van der Waals surface area (Å²) in [7, 11) is 4.39. The number of hydrogen-bond donors (Lipinski definition) is 4. The SMILES string of the molecule is COc1cc(N(C(C)=O)c2ccc(C(CC(=O)O)NC(=O)c3ccc(OC)c(OC)c3)cc2)ccc1NC(=O)Nc1ccccc1C. The van der Waals surface area contributed by atoms with E-state index in [2.05, 4.69) is 16.0 Å². The number of aliphatic carboxylic acids is 1. The van der Waals surface area contributed by atoms with Gasteiger partial charge in [-0.15, -0.1) is 0 Å². The van der Waals surface area contributed by atoms with Gasteiger partial charge in [0.1, 0.15) is 5.75 Å². The molecule has 0 bridgehead atoms. The number of carboxylic acids is 1. The van der Waals surface area contributed by atoms with Crippen molar-refractivity contribution in [3.05, 3.63) is 102 Å². The maximum atomic E-state index is 13.1. The fourth-order valence-electron chi connectivity index (χ4n) is 4.93. The first kappa shape index (κ1) is 33.8. The van der Waals surface area contributed by atoms with Gasteiger partial charge < -0.3 is 35.3 Å². The summed E-state index contributed by atoms with van der Waals surface area (Å²) in [5, 5.41) is 17.9. The molecule has 12 nitrogen and oxygen atoms in total. The fraction of sp³-hybridized carbons (Fsp3) is 0.200. The quantitative estimate of drug-likeness (QED) is 0.141. The molecule has 0 saturated heterocycles. The second-order valence-electron chi connectivity index (χ2n) is 10.4. The number of methoxy groups -OCH3 is 3. The molecule has 4 aromatic carbocycles. The minimum Gasteiger partial charge on any atom is -0.494 e. The van der Waals surface area contributed by atoms with Gasteiger partial charge in [0.15, 0.2) is 11.5 Å². The summed E-state index contributed by atoms with van der Waals surface area (Å²) in [6.45, 7) is 3.29. The number of aryl methyl sites for hydroxylation is 1. The smallest absolute Gasteiger partial charge is 0.323 e. The second-order valence-corrected chi connectivity index (χ2v) is 10.4. The van der Waals surface area contributed by atoms with Crippen molar-refractivity contribution in [3.63, 3.8) is 0 Å². The number of para-hydroxylation sites is 1. The highest BCUT2D eigenvalue weighted by atomic mass is 16.5. The van der Waals surface area contributed by atoms with Gasteiger partial charge in [-0.25, -0.2) is 4.79 Å². The Hall–Kier alpha value is -6.04. The average molecular weight is 641 g/mol. The highest BCUT2D eigenvalue weighted by molar-refractivity contribution is 6.03. The third-order valence-electron chi connectivity index (χ3n) is 7.28. The van der Waals surface area contributed by atoms with Gasteiger partial charge in [-0.3, -0.25) is 19.3 Å². The van der Waals surface area contributed by atoms with Crippen LogP contribution >= 0.6 is 0 Å². The Balaban J connectivity index is 1.55. The lowest BCUT2D eigenvalue weighted by Gasteiger charge is -2.24. The summed E-state index contributed by atoms with van der Waals surface area (Å²) >= 11 is 0. The van der Waals surface area contributed by atoms with E-state index < -0.39 is 23.9 Å². The highest BCUT2D eigenvalue weighted by Crippen LogP contribution is 2.35. The summed E-state index contributed by atoms with van der Waals surface area (Å²) in [4.78, 5) is 51.8. The van der Waals surface area contributed by atoms with Gasteiger partial charge in [-0.1, -0.05) is 30.3 Å². The van der Waals surface area contributed by atoms with Gasteiger partial charge in [-0.05, 0) is 66.6 Å². The van der Waals surface area contributed by atoms with Crippen molar-refractivity contribution >= 4 is 46.6 Å². The fourth-order valence-corrected chi connectivity index (χ4v) is 4.93. The van der Waals surface area contributed by atoms with Crippen LogP contribution in [0.25, 0.3) is 0 Å². The molecule has 4 N–H and O–H groups in total. The maximum Gasteiger partial charge on any atom is 0.323 e. The van der Waals surface area contributed by atoms with Crippen molar-refractivity contribution in [2.24, 2.45) is 0 Å². The number of carbonyl (C=O) groups excluding carboxylic acids is 3. The molecule has 47 heavy (non-hydrogen) atoms. The molecular weight excluding hydrogens is 604 g/mol. The third-order valence-corrected chi connectivity index (χ3v) is 7.28. The Labute approximate surface area is 272 Å². The van der Waals surface area contributed by atoms with Crippen LogP contribution in [-0.4, -0.2) is 50.3 Å². The molecule has 244 valence electrons. The zero-order valence-electron chi connectivity index (χ0n) is 26.6. The van der Waals surface area contributed by atoms with E-state index in [9.17, 15) is 24.3 Å². The Bertz CT molecular complexity index is 1770. The van der Waals surface area contributed by atoms with Gasteiger partial charge in [0, 0.05) is 29.9 Å². The molecule has 0 spiro atoms. The third kappa shape index (κ3) is 8.37. The summed E-state index contributed by atoms with van der Waals surface area (Å²) < 4.78 is 16.0. The second kappa shape index (κ2) is 15.3. The van der Waals surface area contributed by atoms with E-state index in [1.807, 2.05) is 25.1 Å². The first-order valence-corrected chi connectivity index (χ1v) is 14.5. The molecule has 0 aliphatic heterocycles. The van der Waals surface area contributed by atoms with Gasteiger partial charge in [0.05, 0.1) is 45.2 Å². The first-order chi connectivity index (χ1) is 22.5. The molecule has 1 unspecified atom stereocenters. The minimum absolute atomic E-state index is 0.261. The Morgan fingerprint density at radius 3 is 2.00 bits per heavy atom. The van der Waals surface area contributed by atoms with Crippen molar-refractivity contribution in [1.82, 2.24) is 5.32 Å². The summed E-state index contributed by atoms with van der Waals surface area (Å²) in [5.41, 5.74) is 3.70. The van der Waals surface area contributed by atoms with Crippen LogP contribution in [0.1, 0.15) is 40.9 Å². The van der Waals surface area contributed by atoms with Crippen LogP contribution in [0.3, 0.4) is 0 Å². The molecule has 4 amide bonds. The molecule has 0 radical (unpaired) electrons. The van der Waals surface area contributed by atoms with E-state index in [1.54, 1.807) is 60.7 Å². The van der Waals surface area contributed by atoms with Gasteiger partial charge >= 0.3 is 12.0 Å². The lowest BCUT2D eigenvalue weighted by atomic mass is 10.0. The number of urea groups is 1. The molecule has 0 aromatic heterocycles. The number of nitrogens with one attached hydrogen (secondary N) is 3. The lowest BCUT2D eigenvalue weighted by molar-refractivity contribution is -0.137. The molecule has 12 heteroatoms. The maximum absolute atomic E-state index is 13.1. The van der Waals surface area contributed by atoms with Crippen LogP contribution in [0, 0.1) is 6.92 Å². The minimum atomic E-state index is -1.11. The predicted molar refractivity (Wildman–Crippen MR) is 178 cm³/mol. The van der Waals surface area contributed by atoms with Crippen molar-refractivity contribution < 1.29 is 38.5 Å². The van der Waals surface area contributed by atoms with Crippen LogP contribution in [0.2, 0.25) is 0 Å². The van der Waals surface area contributed by atoms with Gasteiger partial charge in [-0.2, -0.15) is 0 Å². The number of carboxylic acid groups (broad SMARTS) is 1. The molecule has 0 aliphatic carbocycles. The van der Waals surface area contributed by atoms with E-state index in [1.165, 1.54) is 39.2 Å². The van der Waals surface area contributed by atoms with Crippen LogP contribution in [0.15, 0.2) is 84.9 Å². The van der Waals surface area contributed by atoms with Crippen LogP contribution in [0.5, 0.6) is 17.2 Å². The summed E-state index contributed by atoms with van der Waals surface area (Å²) in [6.07, 6.45) is -0.377. The lowest BCUT2D eigenvalue weighted by Crippen LogP contribution is -2.30. The normalized spacial score (nSPS) is 11.1. The molecule has 4 rings (SSSR count). The topological polar surface area (TPSA) is 156 Å². The van der Waals surface area contributed by atoms with Crippen molar-refractivity contribution in [2.75, 3.05) is 36.9 Å². The first-order valence-electron chi connectivity index (χ1n) is 14.5. The van der Waals surface area contributed by atoms with Gasteiger partial charge in [0.25, 0.3) is 5.91 Å². The molecule has 0 fully saturated rings. The average Bonchev–Trinajstić information content (AvgIpc) is 3.05. The number of nitrogens with zero attached hydrogens (tertiary/aromatic N) is 1. The molecule has 1 atom stereocenters. The van der Waals surface area contributed by atoms with E-state index in [4.69, 9.17) is 14.2 Å². The van der Waals surface area contributed by atoms with Crippen LogP contribution in [0.4, 0.5) is 27.5 Å². The van der Waals surface area contributed by atoms with Crippen molar-refractivity contribution in [1.29, 1.82) is 0 Å². The number of hydrogen-bond acceptors (Lipinski definition) is 7. The number of carbonyl (C=O) groups is 4. The number of rotatable bonds is 12. The predicted octanol–water partition coefficient (Wildman–Crippen LogP) is 6.30. The Morgan fingerprint density at radius 1 is 0.745 bits per heavy atom. The monoisotopic (exact) mass is 640 g/mol. The number of benzene rings is 4. The number of ether oxygens (including phenoxy) is 3. The molecule has 0 saturated carbocycles. The van der Waals surface area contributed by atoms with Crippen molar-refractivity contribution in [3.8, 4) is 17.2 Å². The molecule has 4 aromatic rings. The van der Waals surface area contributed by atoms with E-state index in [0.717, 1.165) is 5.56 Å². The number of anilines is 4. The highest BCUT2D eigenvalue weighted by Gasteiger charge is 2.22. The molecule has 0 aliphatic rings. The summed E-state index contributed by atoms with van der Waals surface area (Å²) in [5.74, 6) is -0.782. The zero-order valence-corrected chi connectivity index (χ0v) is 26.6. The molecule has 0 heterocycles. The zero-order chi connectivity index (χ0) is 34.1. The van der Waals surface area contributed by atoms with Gasteiger partial charge in [0.2, 0.25) is 5.91 Å². The van der Waals surface area contributed by atoms with Crippen LogP contribution < -0.4 is 35.1 Å². The Kier molecular flexibility index (Phi) is 11.0. The van der Waals surface area contributed by atoms with Crippen molar-refractivity contribution in [2.45, 2.75) is 26.3 Å². The molecular formula is C35H36N4O8. The van der Waals surface area contributed by atoms with E-state index in [0.29, 0.717) is 45.6 Å². The Morgan fingerprint density at radius 2 is 1.38 bits per heavy atom. The standard InChI is InChI=1S/C35H36N4O8/c1-21-8-6-7-9-27(21)37-35(44)38-28-16-15-26(19-31(28)46-4)39(22(2)40)25-13-10-23(11-14-25)29(20-33(41)42)36-34(43)24-12-17-30(45-3)32(18-24)47-5/h6-19,29H,20H2,1-5H3,(H,36,43)(H,41,42)(H2,37,38,44). The largest absolute Gasteiger partial charge is 0.494 e. The summed E-state index contributed by atoms with van der Waals surface area (Å²) in [6, 6.07) is 22.2.